The summed E-state index contributed by atoms with van der Waals surface area (Å²) in [6.07, 6.45) is 5.30. The summed E-state index contributed by atoms with van der Waals surface area (Å²) in [4.78, 5) is 17.1. The second-order valence-electron chi connectivity index (χ2n) is 6.89. The molecule has 0 fully saturated rings. The fourth-order valence-corrected chi connectivity index (χ4v) is 4.30. The fraction of sp³-hybridized carbons (Fsp3) is 0.0435. The third kappa shape index (κ3) is 3.51. The summed E-state index contributed by atoms with van der Waals surface area (Å²) in [7, 11) is 0. The molecule has 30 heavy (non-hydrogen) atoms. The van der Waals surface area contributed by atoms with E-state index in [4.69, 9.17) is 0 Å². The largest absolute Gasteiger partial charge is 0.331 e. The molecule has 5 nitrogen and oxygen atoms in total. The predicted octanol–water partition coefficient (Wildman–Crippen LogP) is 5.33. The number of imidazole rings is 1. The van der Waals surface area contributed by atoms with E-state index in [1.807, 2.05) is 63.2 Å². The van der Waals surface area contributed by atoms with Crippen molar-refractivity contribution >= 4 is 33.1 Å². The molecule has 0 aliphatic heterocycles. The number of halogens is 1. The molecule has 1 N–H and O–H groups in total. The van der Waals surface area contributed by atoms with Crippen molar-refractivity contribution in [2.45, 2.75) is 6.54 Å². The van der Waals surface area contributed by atoms with Crippen molar-refractivity contribution < 1.29 is 9.18 Å². The molecular weight excluding hydrogens is 399 g/mol. The van der Waals surface area contributed by atoms with Crippen LogP contribution in [0.3, 0.4) is 0 Å². The van der Waals surface area contributed by atoms with Gasteiger partial charge >= 0.3 is 0 Å². The van der Waals surface area contributed by atoms with Gasteiger partial charge in [-0.1, -0.05) is 12.1 Å². The Balaban J connectivity index is 1.42. The maximum absolute atomic E-state index is 13.6. The highest BCUT2D eigenvalue weighted by atomic mass is 32.1. The second-order valence-corrected chi connectivity index (χ2v) is 7.83. The van der Waals surface area contributed by atoms with Crippen molar-refractivity contribution in [2.75, 3.05) is 5.32 Å². The summed E-state index contributed by atoms with van der Waals surface area (Å²) in [5, 5.41) is 4.95. The number of anilines is 1. The van der Waals surface area contributed by atoms with E-state index in [1.165, 1.54) is 12.1 Å². The van der Waals surface area contributed by atoms with Gasteiger partial charge in [0.2, 0.25) is 0 Å². The summed E-state index contributed by atoms with van der Waals surface area (Å²) >= 11 is 1.58. The van der Waals surface area contributed by atoms with Gasteiger partial charge in [-0.2, -0.15) is 0 Å². The van der Waals surface area contributed by atoms with Crippen LogP contribution in [0.1, 0.15) is 16.1 Å². The van der Waals surface area contributed by atoms with E-state index in [9.17, 15) is 9.18 Å². The van der Waals surface area contributed by atoms with Crippen molar-refractivity contribution in [3.63, 3.8) is 0 Å². The predicted molar refractivity (Wildman–Crippen MR) is 117 cm³/mol. The molecule has 0 aliphatic rings. The smallest absolute Gasteiger partial charge is 0.272 e. The first-order valence-electron chi connectivity index (χ1n) is 9.38. The summed E-state index contributed by atoms with van der Waals surface area (Å²) in [6, 6.07) is 17.9. The standard InChI is InChI=1S/C23H17FN4OS/c24-17-3-1-2-16(12-17)14-28-20-8-11-30-22(20)13-21(28)23(29)26-18-4-6-19(7-5-18)27-10-9-25-15-27/h1-13,15H,14H2,(H,26,29). The van der Waals surface area contributed by atoms with Crippen molar-refractivity contribution in [3.05, 3.63) is 102 Å². The minimum absolute atomic E-state index is 0.204. The van der Waals surface area contributed by atoms with Crippen molar-refractivity contribution in [3.8, 4) is 5.69 Å². The molecule has 0 radical (unpaired) electrons. The number of hydrogen-bond acceptors (Lipinski definition) is 3. The first kappa shape index (κ1) is 18.3. The Labute approximate surface area is 176 Å². The molecule has 5 rings (SSSR count). The molecule has 2 aromatic carbocycles. The molecule has 5 aromatic rings. The lowest BCUT2D eigenvalue weighted by Crippen LogP contribution is -2.17. The van der Waals surface area contributed by atoms with Gasteiger partial charge in [0.25, 0.3) is 5.91 Å². The molecule has 1 amide bonds. The Hall–Kier alpha value is -3.71. The highest BCUT2D eigenvalue weighted by molar-refractivity contribution is 7.17. The number of hydrogen-bond donors (Lipinski definition) is 1. The summed E-state index contributed by atoms with van der Waals surface area (Å²) in [6.45, 7) is 0.417. The van der Waals surface area contributed by atoms with Crippen LogP contribution in [0.4, 0.5) is 10.1 Å². The number of aromatic nitrogens is 3. The molecule has 0 spiro atoms. The van der Waals surface area contributed by atoms with Gasteiger partial charge in [0, 0.05) is 30.3 Å². The maximum Gasteiger partial charge on any atom is 0.272 e. The highest BCUT2D eigenvalue weighted by Crippen LogP contribution is 2.27. The summed E-state index contributed by atoms with van der Waals surface area (Å²) in [5.41, 5.74) is 3.97. The molecule has 7 heteroatoms. The van der Waals surface area contributed by atoms with E-state index in [0.717, 1.165) is 21.5 Å². The monoisotopic (exact) mass is 416 g/mol. The first-order chi connectivity index (χ1) is 14.7. The quantitative estimate of drug-likeness (QED) is 0.421. The van der Waals surface area contributed by atoms with E-state index in [0.29, 0.717) is 17.9 Å². The minimum Gasteiger partial charge on any atom is -0.331 e. The molecule has 0 aliphatic carbocycles. The van der Waals surface area contributed by atoms with Crippen LogP contribution in [0.5, 0.6) is 0 Å². The molecule has 0 saturated heterocycles. The average molecular weight is 416 g/mol. The number of nitrogens with zero attached hydrogens (tertiary/aromatic N) is 3. The third-order valence-electron chi connectivity index (χ3n) is 4.91. The van der Waals surface area contributed by atoms with E-state index in [1.54, 1.807) is 29.9 Å². The average Bonchev–Trinajstić information content (AvgIpc) is 3.48. The zero-order valence-corrected chi connectivity index (χ0v) is 16.6. The number of carbonyl (C=O) groups excluding carboxylic acids is 1. The Kier molecular flexibility index (Phi) is 4.65. The number of rotatable bonds is 5. The maximum atomic E-state index is 13.6. The van der Waals surface area contributed by atoms with Crippen LogP contribution in [0.2, 0.25) is 0 Å². The van der Waals surface area contributed by atoms with Gasteiger partial charge in [-0.15, -0.1) is 11.3 Å². The van der Waals surface area contributed by atoms with E-state index in [-0.39, 0.29) is 11.7 Å². The second kappa shape index (κ2) is 7.61. The topological polar surface area (TPSA) is 51.9 Å². The molecule has 3 aromatic heterocycles. The van der Waals surface area contributed by atoms with E-state index in [2.05, 4.69) is 10.3 Å². The Morgan fingerprint density at radius 1 is 1.10 bits per heavy atom. The van der Waals surface area contributed by atoms with Crippen LogP contribution in [0.25, 0.3) is 15.9 Å². The lowest BCUT2D eigenvalue weighted by Gasteiger charge is -2.12. The molecule has 0 unspecified atom stereocenters. The van der Waals surface area contributed by atoms with Crippen LogP contribution < -0.4 is 5.32 Å². The molecule has 3 heterocycles. The number of thiophene rings is 1. The number of amides is 1. The molecule has 0 saturated carbocycles. The molecule has 148 valence electrons. The summed E-state index contributed by atoms with van der Waals surface area (Å²) < 4.78 is 18.5. The number of fused-ring (bicyclic) bond motifs is 1. The Morgan fingerprint density at radius 2 is 1.97 bits per heavy atom. The minimum atomic E-state index is -0.287. The molecule has 0 bridgehead atoms. The molecule has 0 atom stereocenters. The molecular formula is C23H17FN4OS. The lowest BCUT2D eigenvalue weighted by molar-refractivity contribution is 0.101. The zero-order valence-electron chi connectivity index (χ0n) is 15.8. The SMILES string of the molecule is O=C(Nc1ccc(-n2ccnc2)cc1)c1cc2sccc2n1Cc1cccc(F)c1. The van der Waals surface area contributed by atoms with Gasteiger partial charge in [0.15, 0.2) is 0 Å². The summed E-state index contributed by atoms with van der Waals surface area (Å²) in [5.74, 6) is -0.490. The van der Waals surface area contributed by atoms with Crippen molar-refractivity contribution in [1.82, 2.24) is 14.1 Å². The van der Waals surface area contributed by atoms with Gasteiger partial charge in [-0.25, -0.2) is 9.37 Å². The van der Waals surface area contributed by atoms with Gasteiger partial charge in [-0.05, 0) is 59.5 Å². The van der Waals surface area contributed by atoms with Crippen LogP contribution in [-0.4, -0.2) is 20.0 Å². The first-order valence-corrected chi connectivity index (χ1v) is 10.3. The third-order valence-corrected chi connectivity index (χ3v) is 5.77. The highest BCUT2D eigenvalue weighted by Gasteiger charge is 2.17. The van der Waals surface area contributed by atoms with E-state index >= 15 is 0 Å². The Morgan fingerprint density at radius 3 is 2.73 bits per heavy atom. The number of benzene rings is 2. The van der Waals surface area contributed by atoms with Gasteiger partial charge in [-0.3, -0.25) is 4.79 Å². The van der Waals surface area contributed by atoms with Crippen molar-refractivity contribution in [1.29, 1.82) is 0 Å². The lowest BCUT2D eigenvalue weighted by atomic mass is 10.2. The van der Waals surface area contributed by atoms with Gasteiger partial charge in [0.1, 0.15) is 11.5 Å². The Bertz CT molecular complexity index is 1320. The van der Waals surface area contributed by atoms with Crippen LogP contribution in [0.15, 0.2) is 84.8 Å². The van der Waals surface area contributed by atoms with Crippen LogP contribution in [0, 0.1) is 5.82 Å². The number of nitrogens with one attached hydrogen (secondary N) is 1. The van der Waals surface area contributed by atoms with Crippen LogP contribution >= 0.6 is 11.3 Å². The van der Waals surface area contributed by atoms with E-state index < -0.39 is 0 Å². The van der Waals surface area contributed by atoms with Crippen molar-refractivity contribution in [2.24, 2.45) is 0 Å². The normalized spacial score (nSPS) is 11.1. The zero-order chi connectivity index (χ0) is 20.5. The van der Waals surface area contributed by atoms with Crippen LogP contribution in [-0.2, 0) is 6.54 Å². The number of carbonyl (C=O) groups is 1. The van der Waals surface area contributed by atoms with Gasteiger partial charge < -0.3 is 14.5 Å². The fourth-order valence-electron chi connectivity index (χ4n) is 3.48. The van der Waals surface area contributed by atoms with Gasteiger partial charge in [0.05, 0.1) is 16.5 Å².